The lowest BCUT2D eigenvalue weighted by molar-refractivity contribution is -0.218. The van der Waals surface area contributed by atoms with Crippen molar-refractivity contribution in [2.24, 2.45) is 5.73 Å². The molecule has 0 aliphatic rings. The molecule has 96 valence electrons. The Morgan fingerprint density at radius 3 is 2.29 bits per heavy atom. The van der Waals surface area contributed by atoms with Gasteiger partial charge in [-0.3, -0.25) is 0 Å². The summed E-state index contributed by atoms with van der Waals surface area (Å²) in [5.74, 6) is -0.241. The topological polar surface area (TPSA) is 53.7 Å². The van der Waals surface area contributed by atoms with Crippen LogP contribution in [0.1, 0.15) is 12.0 Å². The second-order valence-electron chi connectivity index (χ2n) is 3.55. The summed E-state index contributed by atoms with van der Waals surface area (Å²) in [5, 5.41) is 0.514. The molecule has 0 atom stereocenters. The third kappa shape index (κ3) is 2.90. The van der Waals surface area contributed by atoms with Crippen molar-refractivity contribution in [3.8, 4) is 5.75 Å². The fourth-order valence-corrected chi connectivity index (χ4v) is 2.02. The predicted octanol–water partition coefficient (Wildman–Crippen LogP) is 2.14. The molecule has 0 spiro atoms. The molecule has 0 aliphatic heterocycles. The van der Waals surface area contributed by atoms with Gasteiger partial charge in [-0.05, 0) is 24.7 Å². The lowest BCUT2D eigenvalue weighted by atomic mass is 10.0. The van der Waals surface area contributed by atoms with Crippen LogP contribution in [-0.4, -0.2) is 27.9 Å². The van der Waals surface area contributed by atoms with Gasteiger partial charge >= 0.3 is 0 Å². The van der Waals surface area contributed by atoms with E-state index in [2.05, 4.69) is 0 Å². The van der Waals surface area contributed by atoms with Crippen LogP contribution in [0.4, 0.5) is 0 Å². The Hall–Kier alpha value is -0.810. The number of nitrogens with two attached hydrogens (primary N) is 1. The van der Waals surface area contributed by atoms with E-state index in [1.165, 1.54) is 0 Å². The highest BCUT2D eigenvalue weighted by Gasteiger charge is 2.31. The summed E-state index contributed by atoms with van der Waals surface area (Å²) in [4.78, 5) is 0. The van der Waals surface area contributed by atoms with Gasteiger partial charge in [-0.1, -0.05) is 11.6 Å². The number of methoxy groups -OCH3 is 3. The van der Waals surface area contributed by atoms with E-state index in [1.807, 2.05) is 6.07 Å². The monoisotopic (exact) mass is 259 g/mol. The van der Waals surface area contributed by atoms with E-state index in [9.17, 15) is 0 Å². The first kappa shape index (κ1) is 14.3. The number of hydrogen-bond acceptors (Lipinski definition) is 4. The Morgan fingerprint density at radius 1 is 1.24 bits per heavy atom. The van der Waals surface area contributed by atoms with Gasteiger partial charge in [0, 0.05) is 26.2 Å². The second kappa shape index (κ2) is 6.21. The lowest BCUT2D eigenvalue weighted by Gasteiger charge is -2.31. The molecule has 2 N–H and O–H groups in total. The average molecular weight is 260 g/mol. The fourth-order valence-electron chi connectivity index (χ4n) is 1.76. The molecular formula is C12H18ClNO3. The molecule has 0 saturated heterocycles. The van der Waals surface area contributed by atoms with E-state index < -0.39 is 5.79 Å². The van der Waals surface area contributed by atoms with Crippen molar-refractivity contribution in [1.82, 2.24) is 0 Å². The number of hydrogen-bond donors (Lipinski definition) is 1. The third-order valence-corrected chi connectivity index (χ3v) is 3.02. The Labute approximate surface area is 107 Å². The summed E-state index contributed by atoms with van der Waals surface area (Å²) in [5.41, 5.74) is 6.40. The van der Waals surface area contributed by atoms with Crippen molar-refractivity contribution in [3.63, 3.8) is 0 Å². The van der Waals surface area contributed by atoms with Gasteiger partial charge in [-0.25, -0.2) is 0 Å². The average Bonchev–Trinajstić information content (AvgIpc) is 2.36. The summed E-state index contributed by atoms with van der Waals surface area (Å²) >= 11 is 6.08. The smallest absolute Gasteiger partial charge is 0.195 e. The highest BCUT2D eigenvalue weighted by Crippen LogP contribution is 2.34. The van der Waals surface area contributed by atoms with E-state index in [-0.39, 0.29) is 0 Å². The molecule has 4 nitrogen and oxygen atoms in total. The van der Waals surface area contributed by atoms with Crippen LogP contribution < -0.4 is 10.5 Å². The van der Waals surface area contributed by atoms with E-state index in [0.717, 1.165) is 5.56 Å². The molecule has 0 aromatic heterocycles. The van der Waals surface area contributed by atoms with Crippen molar-refractivity contribution in [3.05, 3.63) is 28.8 Å². The van der Waals surface area contributed by atoms with Crippen molar-refractivity contribution in [2.75, 3.05) is 27.9 Å². The van der Waals surface area contributed by atoms with Gasteiger partial charge in [-0.15, -0.1) is 0 Å². The quantitative estimate of drug-likeness (QED) is 0.796. The van der Waals surface area contributed by atoms with Crippen molar-refractivity contribution in [1.29, 1.82) is 0 Å². The molecule has 0 saturated carbocycles. The molecule has 0 bridgehead atoms. The van der Waals surface area contributed by atoms with Gasteiger partial charge < -0.3 is 19.9 Å². The first-order valence-electron chi connectivity index (χ1n) is 5.28. The van der Waals surface area contributed by atoms with Gasteiger partial charge in [0.25, 0.3) is 0 Å². The maximum Gasteiger partial charge on any atom is 0.195 e. The lowest BCUT2D eigenvalue weighted by Crippen LogP contribution is -2.33. The van der Waals surface area contributed by atoms with Crippen LogP contribution in [0.2, 0.25) is 5.02 Å². The number of ether oxygens (including phenoxy) is 3. The molecule has 0 aliphatic carbocycles. The van der Waals surface area contributed by atoms with Crippen LogP contribution in [0.3, 0.4) is 0 Å². The molecule has 0 radical (unpaired) electrons. The minimum absolute atomic E-state index is 0.450. The van der Waals surface area contributed by atoms with Crippen LogP contribution in [0.5, 0.6) is 5.75 Å². The Bertz CT molecular complexity index is 367. The zero-order chi connectivity index (χ0) is 12.9. The van der Waals surface area contributed by atoms with Crippen LogP contribution in [0, 0.1) is 0 Å². The molecule has 1 aromatic rings. The van der Waals surface area contributed by atoms with Crippen molar-refractivity contribution < 1.29 is 14.2 Å². The van der Waals surface area contributed by atoms with E-state index in [4.69, 9.17) is 31.5 Å². The second-order valence-corrected chi connectivity index (χ2v) is 3.96. The third-order valence-electron chi connectivity index (χ3n) is 2.72. The van der Waals surface area contributed by atoms with Crippen molar-refractivity contribution in [2.45, 2.75) is 12.2 Å². The normalized spacial score (nSPS) is 11.6. The molecular weight excluding hydrogens is 242 g/mol. The van der Waals surface area contributed by atoms with E-state index in [0.29, 0.717) is 23.7 Å². The first-order valence-corrected chi connectivity index (χ1v) is 5.65. The van der Waals surface area contributed by atoms with E-state index >= 15 is 0 Å². The Morgan fingerprint density at radius 2 is 1.88 bits per heavy atom. The predicted molar refractivity (Wildman–Crippen MR) is 67.4 cm³/mol. The van der Waals surface area contributed by atoms with Gasteiger partial charge in [0.2, 0.25) is 0 Å². The van der Waals surface area contributed by atoms with Crippen LogP contribution in [0.25, 0.3) is 0 Å². The maximum atomic E-state index is 6.08. The minimum atomic E-state index is -0.856. The molecule has 0 fully saturated rings. The summed E-state index contributed by atoms with van der Waals surface area (Å²) in [6.07, 6.45) is 0.544. The summed E-state index contributed by atoms with van der Waals surface area (Å²) in [6.45, 7) is 0.450. The van der Waals surface area contributed by atoms with Gasteiger partial charge in [-0.2, -0.15) is 0 Å². The van der Waals surface area contributed by atoms with Crippen LogP contribution in [-0.2, 0) is 15.3 Å². The zero-order valence-electron chi connectivity index (χ0n) is 10.3. The maximum absolute atomic E-state index is 6.08. The minimum Gasteiger partial charge on any atom is -0.495 e. The highest BCUT2D eigenvalue weighted by atomic mass is 35.5. The van der Waals surface area contributed by atoms with Gasteiger partial charge in [0.05, 0.1) is 12.1 Å². The highest BCUT2D eigenvalue weighted by molar-refractivity contribution is 6.32. The Kier molecular flexibility index (Phi) is 5.21. The van der Waals surface area contributed by atoms with Crippen LogP contribution in [0.15, 0.2) is 18.2 Å². The molecule has 0 amide bonds. The number of benzene rings is 1. The molecule has 5 heteroatoms. The number of rotatable bonds is 6. The summed E-state index contributed by atoms with van der Waals surface area (Å²) < 4.78 is 16.0. The zero-order valence-corrected chi connectivity index (χ0v) is 11.1. The standard InChI is InChI=1S/C12H18ClNO3/c1-15-11-5-4-9(8-10(11)13)12(16-2,17-3)6-7-14/h4-5,8H,6-7,14H2,1-3H3. The molecule has 0 heterocycles. The van der Waals surface area contributed by atoms with Crippen LogP contribution >= 0.6 is 11.6 Å². The summed E-state index contributed by atoms with van der Waals surface area (Å²) in [7, 11) is 4.73. The summed E-state index contributed by atoms with van der Waals surface area (Å²) in [6, 6.07) is 5.40. The molecule has 0 unspecified atom stereocenters. The Balaban J connectivity index is 3.14. The van der Waals surface area contributed by atoms with Gasteiger partial charge in [0.15, 0.2) is 5.79 Å². The fraction of sp³-hybridized carbons (Fsp3) is 0.500. The molecule has 17 heavy (non-hydrogen) atoms. The molecule has 1 aromatic carbocycles. The van der Waals surface area contributed by atoms with Gasteiger partial charge in [0.1, 0.15) is 5.75 Å². The largest absolute Gasteiger partial charge is 0.495 e. The van der Waals surface area contributed by atoms with E-state index in [1.54, 1.807) is 33.5 Å². The first-order chi connectivity index (χ1) is 8.13. The number of halogens is 1. The molecule has 1 rings (SSSR count). The van der Waals surface area contributed by atoms with Crippen molar-refractivity contribution >= 4 is 11.6 Å². The SMILES string of the molecule is COc1ccc(C(CCN)(OC)OC)cc1Cl.